The lowest BCUT2D eigenvalue weighted by Gasteiger charge is -2.30. The number of hydrogen-bond donors (Lipinski definition) is 0. The third-order valence-electron chi connectivity index (χ3n) is 7.78. The molecule has 5 nitrogen and oxygen atoms in total. The fraction of sp³-hybridized carbons (Fsp3) is 0.147. The second-order valence-corrected chi connectivity index (χ2v) is 12.1. The highest BCUT2D eigenvalue weighted by molar-refractivity contribution is 7.98. The maximum atomic E-state index is 14.0. The van der Waals surface area contributed by atoms with E-state index in [2.05, 4.69) is 54.8 Å². The van der Waals surface area contributed by atoms with E-state index < -0.39 is 0 Å². The van der Waals surface area contributed by atoms with Crippen LogP contribution in [-0.2, 0) is 6.42 Å². The number of fused-ring (bicyclic) bond motifs is 3. The van der Waals surface area contributed by atoms with Crippen LogP contribution in [-0.4, -0.2) is 16.6 Å². The number of thiazole rings is 1. The van der Waals surface area contributed by atoms with Crippen LogP contribution in [0.5, 0.6) is 0 Å². The molecule has 1 unspecified atom stereocenters. The number of carbonyl (C=O) groups is 1. The number of aryl methyl sites for hydroxylation is 1. The summed E-state index contributed by atoms with van der Waals surface area (Å²) in [5, 5.41) is 0. The van der Waals surface area contributed by atoms with E-state index in [4.69, 9.17) is 9.41 Å². The Kier molecular flexibility index (Phi) is 6.48. The van der Waals surface area contributed by atoms with Crippen LogP contribution in [0, 0.1) is 0 Å². The Hall–Kier alpha value is -4.20. The molecule has 3 heterocycles. The molecule has 2 aliphatic rings. The number of Topliss-reactive ketones (excluding diaryl/α,β-unsaturated/α-hetero) is 1. The van der Waals surface area contributed by atoms with Crippen LogP contribution in [0.4, 0.5) is 0 Å². The average Bonchev–Trinajstić information content (AvgIpc) is 3.60. The Labute approximate surface area is 245 Å². The summed E-state index contributed by atoms with van der Waals surface area (Å²) in [7, 11) is 0. The number of carbonyl (C=O) groups excluding carboxylic acids is 1. The molecule has 0 saturated heterocycles. The lowest BCUT2D eigenvalue weighted by Crippen LogP contribution is -2.38. The number of nitrogens with zero attached hydrogens (tertiary/aromatic N) is 2. The number of allylic oxidation sites excluding steroid dienone is 1. The standard InChI is InChI=1S/C34H26N2O3S2/c1-20(37)21-7-9-23(10-8-21)29-18-14-25(39-29)19-30-33(38)36-32(24-11-15-26(40-2)16-12-24)28-17-13-22-5-3-4-6-27(22)31(28)35-34(36)41-30/h3-12,14-16,18-19,32H,13,17H2,1-2H3/b30-19+. The van der Waals surface area contributed by atoms with Crippen molar-refractivity contribution in [2.24, 2.45) is 4.99 Å². The number of aromatic nitrogens is 1. The van der Waals surface area contributed by atoms with Crippen LogP contribution >= 0.6 is 23.1 Å². The number of furan rings is 1. The van der Waals surface area contributed by atoms with Crippen molar-refractivity contribution in [2.75, 3.05) is 6.26 Å². The fourth-order valence-electron chi connectivity index (χ4n) is 5.69. The highest BCUT2D eigenvalue weighted by Gasteiger charge is 2.32. The molecule has 1 atom stereocenters. The summed E-state index contributed by atoms with van der Waals surface area (Å²) < 4.78 is 8.56. The van der Waals surface area contributed by atoms with Gasteiger partial charge in [-0.3, -0.25) is 14.2 Å². The minimum atomic E-state index is -0.209. The summed E-state index contributed by atoms with van der Waals surface area (Å²) in [6, 6.07) is 27.9. The van der Waals surface area contributed by atoms with Gasteiger partial charge in [-0.25, -0.2) is 4.99 Å². The van der Waals surface area contributed by atoms with Crippen molar-refractivity contribution in [1.29, 1.82) is 0 Å². The topological polar surface area (TPSA) is 64.6 Å². The second-order valence-electron chi connectivity index (χ2n) is 10.2. The van der Waals surface area contributed by atoms with E-state index in [9.17, 15) is 9.59 Å². The third kappa shape index (κ3) is 4.55. The van der Waals surface area contributed by atoms with E-state index in [1.54, 1.807) is 30.8 Å². The average molecular weight is 575 g/mol. The number of ketones is 1. The first kappa shape index (κ1) is 25.7. The van der Waals surface area contributed by atoms with Crippen LogP contribution in [0.3, 0.4) is 0 Å². The van der Waals surface area contributed by atoms with E-state index in [0.717, 1.165) is 35.2 Å². The van der Waals surface area contributed by atoms with Crippen LogP contribution in [0.15, 0.2) is 110 Å². The van der Waals surface area contributed by atoms with Crippen molar-refractivity contribution in [3.05, 3.63) is 138 Å². The van der Waals surface area contributed by atoms with Gasteiger partial charge in [-0.1, -0.05) is 72.0 Å². The minimum Gasteiger partial charge on any atom is -0.457 e. The highest BCUT2D eigenvalue weighted by atomic mass is 32.2. The molecule has 0 saturated carbocycles. The first-order valence-electron chi connectivity index (χ1n) is 13.5. The zero-order valence-electron chi connectivity index (χ0n) is 22.6. The van der Waals surface area contributed by atoms with Gasteiger partial charge in [-0.15, -0.1) is 11.8 Å². The molecule has 0 bridgehead atoms. The molecular weight excluding hydrogens is 549 g/mol. The van der Waals surface area contributed by atoms with Gasteiger partial charge in [-0.2, -0.15) is 0 Å². The summed E-state index contributed by atoms with van der Waals surface area (Å²) in [5.41, 5.74) is 7.18. The smallest absolute Gasteiger partial charge is 0.271 e. The predicted molar refractivity (Wildman–Crippen MR) is 165 cm³/mol. The van der Waals surface area contributed by atoms with Crippen molar-refractivity contribution >= 4 is 40.7 Å². The van der Waals surface area contributed by atoms with Gasteiger partial charge in [0.2, 0.25) is 0 Å². The van der Waals surface area contributed by atoms with Gasteiger partial charge < -0.3 is 4.42 Å². The van der Waals surface area contributed by atoms with Crippen molar-refractivity contribution in [3.63, 3.8) is 0 Å². The lowest BCUT2D eigenvalue weighted by molar-refractivity contribution is 0.101. The molecule has 1 aliphatic carbocycles. The maximum Gasteiger partial charge on any atom is 0.271 e. The first-order chi connectivity index (χ1) is 20.0. The number of rotatable bonds is 5. The molecule has 0 amide bonds. The summed E-state index contributed by atoms with van der Waals surface area (Å²) in [6.45, 7) is 1.55. The maximum absolute atomic E-state index is 14.0. The Balaban J connectivity index is 1.35. The van der Waals surface area contributed by atoms with Crippen LogP contribution in [0.2, 0.25) is 0 Å². The largest absolute Gasteiger partial charge is 0.457 e. The third-order valence-corrected chi connectivity index (χ3v) is 9.51. The molecule has 1 aliphatic heterocycles. The second kappa shape index (κ2) is 10.3. The van der Waals surface area contributed by atoms with E-state index >= 15 is 0 Å². The molecule has 0 N–H and O–H groups in total. The van der Waals surface area contributed by atoms with Crippen LogP contribution < -0.4 is 14.9 Å². The Morgan fingerprint density at radius 2 is 1.78 bits per heavy atom. The SMILES string of the molecule is CSc1ccc(C2C3=C(N=c4s/c(=C/c5ccc(-c6ccc(C(C)=O)cc6)o5)c(=O)n42)c2ccccc2CC3)cc1. The van der Waals surface area contributed by atoms with Crippen molar-refractivity contribution in [1.82, 2.24) is 4.57 Å². The van der Waals surface area contributed by atoms with Crippen LogP contribution in [0.1, 0.15) is 52.2 Å². The van der Waals surface area contributed by atoms with Crippen molar-refractivity contribution < 1.29 is 9.21 Å². The molecule has 0 radical (unpaired) electrons. The summed E-state index contributed by atoms with van der Waals surface area (Å²) in [5.74, 6) is 1.30. The quantitative estimate of drug-likeness (QED) is 0.178. The fourth-order valence-corrected chi connectivity index (χ4v) is 7.08. The molecular formula is C34H26N2O3S2. The first-order valence-corrected chi connectivity index (χ1v) is 15.5. The molecule has 41 heavy (non-hydrogen) atoms. The van der Waals surface area contributed by atoms with E-state index in [1.165, 1.54) is 27.4 Å². The number of hydrogen-bond acceptors (Lipinski definition) is 6. The molecule has 0 fully saturated rings. The van der Waals surface area contributed by atoms with Gasteiger partial charge >= 0.3 is 0 Å². The van der Waals surface area contributed by atoms with E-state index in [1.807, 2.05) is 34.9 Å². The lowest BCUT2D eigenvalue weighted by atomic mass is 9.83. The Morgan fingerprint density at radius 1 is 1.00 bits per heavy atom. The molecule has 5 aromatic rings. The normalized spacial score (nSPS) is 16.1. The Bertz CT molecular complexity index is 2030. The molecule has 0 spiro atoms. The van der Waals surface area contributed by atoms with Gasteiger partial charge in [0.15, 0.2) is 10.6 Å². The Morgan fingerprint density at radius 3 is 2.54 bits per heavy atom. The highest BCUT2D eigenvalue weighted by Crippen LogP contribution is 2.41. The molecule has 3 aromatic carbocycles. The molecule has 202 valence electrons. The molecule has 7 heteroatoms. The minimum absolute atomic E-state index is 0.0238. The monoisotopic (exact) mass is 574 g/mol. The van der Waals surface area contributed by atoms with Gasteiger partial charge in [0.25, 0.3) is 5.56 Å². The predicted octanol–water partition coefficient (Wildman–Crippen LogP) is 6.50. The van der Waals surface area contributed by atoms with E-state index in [0.29, 0.717) is 26.4 Å². The number of benzene rings is 3. The zero-order chi connectivity index (χ0) is 28.1. The van der Waals surface area contributed by atoms with Gasteiger partial charge in [-0.05, 0) is 67.0 Å². The van der Waals surface area contributed by atoms with E-state index in [-0.39, 0.29) is 17.4 Å². The van der Waals surface area contributed by atoms with Gasteiger partial charge in [0.1, 0.15) is 11.5 Å². The zero-order valence-corrected chi connectivity index (χ0v) is 24.2. The number of thioether (sulfide) groups is 1. The van der Waals surface area contributed by atoms with Crippen molar-refractivity contribution in [2.45, 2.75) is 30.7 Å². The summed E-state index contributed by atoms with van der Waals surface area (Å²) in [4.78, 5) is 32.6. The van der Waals surface area contributed by atoms with Gasteiger partial charge in [0, 0.05) is 27.7 Å². The van der Waals surface area contributed by atoms with Crippen LogP contribution in [0.25, 0.3) is 23.1 Å². The summed E-state index contributed by atoms with van der Waals surface area (Å²) in [6.07, 6.45) is 5.66. The van der Waals surface area contributed by atoms with Gasteiger partial charge in [0.05, 0.1) is 16.3 Å². The summed E-state index contributed by atoms with van der Waals surface area (Å²) >= 11 is 3.10. The van der Waals surface area contributed by atoms with Crippen molar-refractivity contribution in [3.8, 4) is 11.3 Å². The molecule has 7 rings (SSSR count). The molecule has 2 aromatic heterocycles.